The standard InChI is InChI=1S/C18H22F2O11S2/c19-18(20,33(26,27)28)16(24)30-8(22)4-3-7(21)29-12-11-13-9(15(23)31-11)10(14(12)32-13)17(25)5-1-2-6-17/h9-14,16,24-25H,1-6H2,(H,26,27,28). The lowest BCUT2D eigenvalue weighted by molar-refractivity contribution is -0.205. The first-order valence-corrected chi connectivity index (χ1v) is 12.6. The fourth-order valence-electron chi connectivity index (χ4n) is 5.21. The van der Waals surface area contributed by atoms with Crippen molar-refractivity contribution in [2.24, 2.45) is 11.8 Å². The van der Waals surface area contributed by atoms with Crippen molar-refractivity contribution in [1.29, 1.82) is 0 Å². The molecule has 0 spiro atoms. The molecule has 186 valence electrons. The summed E-state index contributed by atoms with van der Waals surface area (Å²) in [4.78, 5) is 36.3. The first-order chi connectivity index (χ1) is 15.3. The number of carbonyl (C=O) groups is 3. The molecule has 0 amide bonds. The van der Waals surface area contributed by atoms with Gasteiger partial charge in [-0.25, -0.2) is 0 Å². The minimum atomic E-state index is -6.04. The van der Waals surface area contributed by atoms with Gasteiger partial charge in [0.1, 0.15) is 0 Å². The summed E-state index contributed by atoms with van der Waals surface area (Å²) in [7, 11) is -6.04. The number of aliphatic hydroxyl groups excluding tert-OH is 1. The van der Waals surface area contributed by atoms with Gasteiger partial charge in [-0.15, -0.1) is 11.8 Å². The van der Waals surface area contributed by atoms with E-state index in [9.17, 15) is 36.7 Å². The van der Waals surface area contributed by atoms with E-state index in [0.717, 1.165) is 12.8 Å². The Morgan fingerprint density at radius 3 is 2.42 bits per heavy atom. The maximum absolute atomic E-state index is 13.2. The van der Waals surface area contributed by atoms with Crippen LogP contribution in [0.5, 0.6) is 0 Å². The Kier molecular flexibility index (Phi) is 6.17. The molecule has 1 aliphatic carbocycles. The summed E-state index contributed by atoms with van der Waals surface area (Å²) < 4.78 is 70.7. The number of fused-ring (bicyclic) bond motifs is 1. The maximum atomic E-state index is 13.2. The third-order valence-corrected chi connectivity index (χ3v) is 9.31. The van der Waals surface area contributed by atoms with Gasteiger partial charge in [-0.1, -0.05) is 12.8 Å². The van der Waals surface area contributed by atoms with Gasteiger partial charge in [0, 0.05) is 5.92 Å². The highest BCUT2D eigenvalue weighted by atomic mass is 32.2. The molecule has 7 atom stereocenters. The highest BCUT2D eigenvalue weighted by Crippen LogP contribution is 2.63. The zero-order chi connectivity index (χ0) is 24.3. The molecule has 2 bridgehead atoms. The Morgan fingerprint density at radius 2 is 1.82 bits per heavy atom. The molecule has 0 aromatic carbocycles. The lowest BCUT2D eigenvalue weighted by Crippen LogP contribution is -2.53. The Hall–Kier alpha value is -1.55. The number of hydrogen-bond acceptors (Lipinski definition) is 11. The summed E-state index contributed by atoms with van der Waals surface area (Å²) >= 11 is 1.42. The normalized spacial score (nSPS) is 35.4. The van der Waals surface area contributed by atoms with E-state index in [4.69, 9.17) is 19.1 Å². The summed E-state index contributed by atoms with van der Waals surface area (Å²) in [5.74, 6) is -3.83. The monoisotopic (exact) mass is 516 g/mol. The van der Waals surface area contributed by atoms with Gasteiger partial charge in [0.2, 0.25) is 0 Å². The SMILES string of the molecule is O=C(CCC(=O)OC(O)C(F)(F)S(=O)(=O)O)OC1C2OC(=O)C3C2SC1C3C1(O)CCCC1. The van der Waals surface area contributed by atoms with Crippen LogP contribution < -0.4 is 0 Å². The van der Waals surface area contributed by atoms with Crippen LogP contribution in [0.2, 0.25) is 0 Å². The van der Waals surface area contributed by atoms with E-state index < -0.39 is 82.1 Å². The first kappa shape index (κ1) is 24.6. The third kappa shape index (κ3) is 4.11. The van der Waals surface area contributed by atoms with Gasteiger partial charge in [-0.2, -0.15) is 17.2 Å². The van der Waals surface area contributed by atoms with Crippen LogP contribution in [0.4, 0.5) is 8.78 Å². The third-order valence-electron chi connectivity index (χ3n) is 6.67. The number of carbonyl (C=O) groups excluding carboxylic acids is 3. The molecule has 0 aromatic heterocycles. The highest BCUT2D eigenvalue weighted by molar-refractivity contribution is 8.01. The van der Waals surface area contributed by atoms with Crippen LogP contribution >= 0.6 is 11.8 Å². The maximum Gasteiger partial charge on any atom is 0.430 e. The van der Waals surface area contributed by atoms with Crippen molar-refractivity contribution >= 4 is 39.8 Å². The smallest absolute Gasteiger partial charge is 0.430 e. The van der Waals surface area contributed by atoms with Gasteiger partial charge in [0.25, 0.3) is 6.29 Å². The fourth-order valence-corrected chi connectivity index (χ4v) is 7.65. The molecule has 0 aromatic rings. The van der Waals surface area contributed by atoms with E-state index in [-0.39, 0.29) is 10.5 Å². The number of aliphatic hydroxyl groups is 2. The molecule has 3 aliphatic heterocycles. The van der Waals surface area contributed by atoms with E-state index in [1.807, 2.05) is 0 Å². The minimum absolute atomic E-state index is 0.266. The highest BCUT2D eigenvalue weighted by Gasteiger charge is 2.72. The van der Waals surface area contributed by atoms with Crippen molar-refractivity contribution in [3.8, 4) is 0 Å². The molecule has 4 aliphatic rings. The van der Waals surface area contributed by atoms with Crippen molar-refractivity contribution in [1.82, 2.24) is 0 Å². The molecule has 3 saturated heterocycles. The zero-order valence-electron chi connectivity index (χ0n) is 17.0. The van der Waals surface area contributed by atoms with Gasteiger partial charge >= 0.3 is 33.3 Å². The van der Waals surface area contributed by atoms with Crippen LogP contribution in [0.15, 0.2) is 0 Å². The number of alkyl halides is 2. The summed E-state index contributed by atoms with van der Waals surface area (Å²) in [6, 6.07) is 0. The topological polar surface area (TPSA) is 174 Å². The number of rotatable bonds is 8. The fraction of sp³-hybridized carbons (Fsp3) is 0.833. The average Bonchev–Trinajstić information content (AvgIpc) is 3.43. The van der Waals surface area contributed by atoms with Gasteiger partial charge in [0.05, 0.1) is 34.9 Å². The van der Waals surface area contributed by atoms with Crippen LogP contribution in [0.25, 0.3) is 0 Å². The molecule has 3 heterocycles. The van der Waals surface area contributed by atoms with Crippen LogP contribution in [-0.2, 0) is 38.7 Å². The number of hydrogen-bond donors (Lipinski definition) is 3. The Morgan fingerprint density at radius 1 is 1.21 bits per heavy atom. The van der Waals surface area contributed by atoms with Crippen molar-refractivity contribution in [3.63, 3.8) is 0 Å². The first-order valence-electron chi connectivity index (χ1n) is 10.3. The van der Waals surface area contributed by atoms with Gasteiger partial charge < -0.3 is 24.4 Å². The number of thioether (sulfide) groups is 1. The second-order valence-corrected chi connectivity index (χ2v) is 11.5. The molecule has 7 unspecified atom stereocenters. The summed E-state index contributed by atoms with van der Waals surface area (Å²) in [6.45, 7) is 0. The predicted molar refractivity (Wildman–Crippen MR) is 103 cm³/mol. The molecule has 1 saturated carbocycles. The molecule has 3 N–H and O–H groups in total. The van der Waals surface area contributed by atoms with Gasteiger partial charge in [0.15, 0.2) is 12.2 Å². The lowest BCUT2D eigenvalue weighted by atomic mass is 9.69. The van der Waals surface area contributed by atoms with Crippen molar-refractivity contribution in [2.75, 3.05) is 0 Å². The molecule has 15 heteroatoms. The molecular formula is C18H22F2O11S2. The minimum Gasteiger partial charge on any atom is -0.457 e. The van der Waals surface area contributed by atoms with Gasteiger partial charge in [-0.3, -0.25) is 18.9 Å². The second kappa shape index (κ2) is 8.29. The van der Waals surface area contributed by atoms with Crippen molar-refractivity contribution in [2.45, 2.75) is 78.4 Å². The predicted octanol–water partition coefficient (Wildman–Crippen LogP) is -0.0189. The number of halogens is 2. The van der Waals surface area contributed by atoms with E-state index >= 15 is 0 Å². The van der Waals surface area contributed by atoms with E-state index in [2.05, 4.69) is 4.74 Å². The summed E-state index contributed by atoms with van der Waals surface area (Å²) in [6.07, 6.45) is -3.81. The number of ether oxygens (including phenoxy) is 3. The van der Waals surface area contributed by atoms with Crippen LogP contribution in [-0.4, -0.2) is 80.9 Å². The van der Waals surface area contributed by atoms with Gasteiger partial charge in [-0.05, 0) is 12.8 Å². The summed E-state index contributed by atoms with van der Waals surface area (Å²) in [5, 5.41) is 14.4. The van der Waals surface area contributed by atoms with Crippen LogP contribution in [0.1, 0.15) is 38.5 Å². The summed E-state index contributed by atoms with van der Waals surface area (Å²) in [5.41, 5.74) is -1.06. The Labute approximate surface area is 190 Å². The van der Waals surface area contributed by atoms with Crippen LogP contribution in [0.3, 0.4) is 0 Å². The Bertz CT molecular complexity index is 949. The lowest BCUT2D eigenvalue weighted by Gasteiger charge is -2.39. The van der Waals surface area contributed by atoms with Crippen molar-refractivity contribution in [3.05, 3.63) is 0 Å². The average molecular weight is 516 g/mol. The second-order valence-electron chi connectivity index (χ2n) is 8.66. The molecule has 33 heavy (non-hydrogen) atoms. The molecule has 4 rings (SSSR count). The largest absolute Gasteiger partial charge is 0.457 e. The van der Waals surface area contributed by atoms with Crippen molar-refractivity contribution < 1.29 is 60.6 Å². The quantitative estimate of drug-likeness (QED) is 0.171. The molecular weight excluding hydrogens is 494 g/mol. The molecule has 11 nitrogen and oxygen atoms in total. The van der Waals surface area contributed by atoms with E-state index in [1.54, 1.807) is 0 Å². The van der Waals surface area contributed by atoms with E-state index in [1.165, 1.54) is 11.8 Å². The Balaban J connectivity index is 1.35. The van der Waals surface area contributed by atoms with E-state index in [0.29, 0.717) is 12.8 Å². The number of esters is 3. The molecule has 4 fully saturated rings. The van der Waals surface area contributed by atoms with Crippen LogP contribution in [0, 0.1) is 11.8 Å². The zero-order valence-corrected chi connectivity index (χ0v) is 18.6. The molecule has 0 radical (unpaired) electrons.